The highest BCUT2D eigenvalue weighted by molar-refractivity contribution is 6.30. The van der Waals surface area contributed by atoms with Crippen molar-refractivity contribution in [3.05, 3.63) is 63.7 Å². The van der Waals surface area contributed by atoms with Gasteiger partial charge >= 0.3 is 0 Å². The Hall–Kier alpha value is -2.93. The van der Waals surface area contributed by atoms with Crippen molar-refractivity contribution in [2.45, 2.75) is 0 Å². The van der Waals surface area contributed by atoms with Crippen LogP contribution in [0.5, 0.6) is 0 Å². The van der Waals surface area contributed by atoms with Crippen molar-refractivity contribution in [1.29, 1.82) is 0 Å². The molecule has 0 saturated carbocycles. The molecule has 0 bridgehead atoms. The Morgan fingerprint density at radius 1 is 1.08 bits per heavy atom. The molecule has 0 unspecified atom stereocenters. The lowest BCUT2D eigenvalue weighted by atomic mass is 10.2. The van der Waals surface area contributed by atoms with E-state index in [1.165, 1.54) is 12.1 Å². The molecule has 0 aliphatic rings. The lowest BCUT2D eigenvalue weighted by Gasteiger charge is -2.12. The van der Waals surface area contributed by atoms with Crippen LogP contribution in [0.3, 0.4) is 0 Å². The van der Waals surface area contributed by atoms with Crippen LogP contribution in [0.2, 0.25) is 5.02 Å². The van der Waals surface area contributed by atoms with Crippen LogP contribution in [0.15, 0.2) is 48.5 Å². The number of anilines is 1. The van der Waals surface area contributed by atoms with Crippen molar-refractivity contribution in [1.82, 2.24) is 14.8 Å². The van der Waals surface area contributed by atoms with Gasteiger partial charge in [-0.25, -0.2) is 0 Å². The summed E-state index contributed by atoms with van der Waals surface area (Å²) >= 11 is 5.91. The fraction of sp³-hybridized carbons (Fsp3) is 0.125. The van der Waals surface area contributed by atoms with Crippen LogP contribution in [0.25, 0.3) is 17.1 Å². The SMILES string of the molecule is CN(C)c1nc(-c2ccc(Cl)cc2)nn1-c1ccc([N+](=O)[O-])cc1. The topological polar surface area (TPSA) is 77.1 Å². The van der Waals surface area contributed by atoms with Gasteiger partial charge in [0, 0.05) is 36.8 Å². The third-order valence-corrected chi connectivity index (χ3v) is 3.65. The van der Waals surface area contributed by atoms with Gasteiger partial charge in [0.25, 0.3) is 5.69 Å². The smallest absolute Gasteiger partial charge is 0.269 e. The van der Waals surface area contributed by atoms with Crippen LogP contribution in [0.4, 0.5) is 11.6 Å². The number of benzene rings is 2. The van der Waals surface area contributed by atoms with Crippen LogP contribution >= 0.6 is 11.6 Å². The normalized spacial score (nSPS) is 10.6. The molecule has 3 rings (SSSR count). The van der Waals surface area contributed by atoms with Crippen LogP contribution in [-0.4, -0.2) is 33.8 Å². The Kier molecular flexibility index (Phi) is 4.18. The minimum Gasteiger partial charge on any atom is -0.347 e. The van der Waals surface area contributed by atoms with Crippen molar-refractivity contribution in [2.24, 2.45) is 0 Å². The molecule has 0 radical (unpaired) electrons. The molecule has 1 aromatic heterocycles. The van der Waals surface area contributed by atoms with E-state index >= 15 is 0 Å². The number of halogens is 1. The average Bonchev–Trinajstić information content (AvgIpc) is 3.01. The molecule has 0 atom stereocenters. The molecule has 0 N–H and O–H groups in total. The summed E-state index contributed by atoms with van der Waals surface area (Å²) in [6.45, 7) is 0. The van der Waals surface area contributed by atoms with E-state index in [1.54, 1.807) is 28.9 Å². The quantitative estimate of drug-likeness (QED) is 0.534. The summed E-state index contributed by atoms with van der Waals surface area (Å²) in [6.07, 6.45) is 0. The molecule has 1 heterocycles. The molecule has 122 valence electrons. The maximum atomic E-state index is 10.8. The van der Waals surface area contributed by atoms with Crippen molar-refractivity contribution in [3.63, 3.8) is 0 Å². The summed E-state index contributed by atoms with van der Waals surface area (Å²) in [4.78, 5) is 16.7. The van der Waals surface area contributed by atoms with Gasteiger partial charge in [0.1, 0.15) is 0 Å². The van der Waals surface area contributed by atoms with Gasteiger partial charge in [0.2, 0.25) is 5.95 Å². The van der Waals surface area contributed by atoms with Crippen LogP contribution < -0.4 is 4.90 Å². The van der Waals surface area contributed by atoms with Crippen molar-refractivity contribution >= 4 is 23.2 Å². The lowest BCUT2D eigenvalue weighted by molar-refractivity contribution is -0.384. The summed E-state index contributed by atoms with van der Waals surface area (Å²) in [5.74, 6) is 1.17. The Morgan fingerprint density at radius 3 is 2.25 bits per heavy atom. The van der Waals surface area contributed by atoms with E-state index in [9.17, 15) is 10.1 Å². The van der Waals surface area contributed by atoms with Crippen molar-refractivity contribution in [2.75, 3.05) is 19.0 Å². The number of nitro benzene ring substituents is 1. The summed E-state index contributed by atoms with van der Waals surface area (Å²) in [6, 6.07) is 13.4. The van der Waals surface area contributed by atoms with E-state index in [4.69, 9.17) is 11.6 Å². The molecule has 8 heteroatoms. The number of rotatable bonds is 4. The van der Waals surface area contributed by atoms with Crippen LogP contribution in [-0.2, 0) is 0 Å². The molecule has 0 spiro atoms. The lowest BCUT2D eigenvalue weighted by Crippen LogP contribution is -2.15. The van der Waals surface area contributed by atoms with E-state index < -0.39 is 4.92 Å². The summed E-state index contributed by atoms with van der Waals surface area (Å²) in [5, 5.41) is 16.0. The highest BCUT2D eigenvalue weighted by Crippen LogP contribution is 2.24. The second-order valence-electron chi connectivity index (χ2n) is 5.32. The van der Waals surface area contributed by atoms with Crippen LogP contribution in [0.1, 0.15) is 0 Å². The monoisotopic (exact) mass is 343 g/mol. The number of nitro groups is 1. The number of non-ortho nitro benzene ring substituents is 1. The standard InChI is InChI=1S/C16H14ClN5O2/c1-20(2)16-18-15(11-3-5-12(17)6-4-11)19-21(16)13-7-9-14(10-8-13)22(23)24/h3-10H,1-2H3. The van der Waals surface area contributed by atoms with E-state index in [-0.39, 0.29) is 5.69 Å². The van der Waals surface area contributed by atoms with Gasteiger partial charge in [0.15, 0.2) is 5.82 Å². The molecule has 2 aromatic carbocycles. The first-order valence-electron chi connectivity index (χ1n) is 7.11. The van der Waals surface area contributed by atoms with Gasteiger partial charge in [-0.15, -0.1) is 5.10 Å². The molecule has 0 amide bonds. The highest BCUT2D eigenvalue weighted by atomic mass is 35.5. The molecule has 0 aliphatic carbocycles. The zero-order valence-electron chi connectivity index (χ0n) is 13.0. The van der Waals surface area contributed by atoms with Crippen molar-refractivity contribution < 1.29 is 4.92 Å². The fourth-order valence-electron chi connectivity index (χ4n) is 2.20. The maximum Gasteiger partial charge on any atom is 0.269 e. The first-order valence-corrected chi connectivity index (χ1v) is 7.48. The Morgan fingerprint density at radius 2 is 1.71 bits per heavy atom. The molecule has 0 saturated heterocycles. The average molecular weight is 344 g/mol. The Bertz CT molecular complexity index is 872. The number of hydrogen-bond donors (Lipinski definition) is 0. The third kappa shape index (κ3) is 3.07. The zero-order valence-corrected chi connectivity index (χ0v) is 13.8. The summed E-state index contributed by atoms with van der Waals surface area (Å²) in [5.41, 5.74) is 1.56. The second kappa shape index (κ2) is 6.29. The summed E-state index contributed by atoms with van der Waals surface area (Å²) < 4.78 is 1.65. The maximum absolute atomic E-state index is 10.8. The zero-order chi connectivity index (χ0) is 17.3. The number of aromatic nitrogens is 3. The van der Waals surface area contributed by atoms with Crippen molar-refractivity contribution in [3.8, 4) is 17.1 Å². The molecule has 3 aromatic rings. The van der Waals surface area contributed by atoms with E-state index in [1.807, 2.05) is 31.1 Å². The molecular formula is C16H14ClN5O2. The molecule has 7 nitrogen and oxygen atoms in total. The van der Waals surface area contributed by atoms with Gasteiger partial charge in [-0.3, -0.25) is 10.1 Å². The first kappa shape index (κ1) is 15.9. The summed E-state index contributed by atoms with van der Waals surface area (Å²) in [7, 11) is 3.72. The van der Waals surface area contributed by atoms with Gasteiger partial charge in [-0.1, -0.05) is 11.6 Å². The van der Waals surface area contributed by atoms with Gasteiger partial charge in [-0.2, -0.15) is 9.67 Å². The molecular weight excluding hydrogens is 330 g/mol. The molecule has 0 aliphatic heterocycles. The minimum atomic E-state index is -0.433. The predicted molar refractivity (Wildman–Crippen MR) is 92.8 cm³/mol. The Labute approximate surface area is 143 Å². The predicted octanol–water partition coefficient (Wildman–Crippen LogP) is 3.56. The Balaban J connectivity index is 2.06. The second-order valence-corrected chi connectivity index (χ2v) is 5.76. The third-order valence-electron chi connectivity index (χ3n) is 3.40. The highest BCUT2D eigenvalue weighted by Gasteiger charge is 2.15. The van der Waals surface area contributed by atoms with Crippen LogP contribution in [0, 0.1) is 10.1 Å². The largest absolute Gasteiger partial charge is 0.347 e. The molecule has 0 fully saturated rings. The first-order chi connectivity index (χ1) is 11.5. The van der Waals surface area contributed by atoms with Gasteiger partial charge in [0.05, 0.1) is 10.6 Å². The van der Waals surface area contributed by atoms with E-state index in [0.717, 1.165) is 5.56 Å². The fourth-order valence-corrected chi connectivity index (χ4v) is 2.33. The van der Waals surface area contributed by atoms with E-state index in [0.29, 0.717) is 22.5 Å². The number of hydrogen-bond acceptors (Lipinski definition) is 5. The number of nitrogens with zero attached hydrogens (tertiary/aromatic N) is 5. The van der Waals surface area contributed by atoms with Gasteiger partial charge in [-0.05, 0) is 36.4 Å². The minimum absolute atomic E-state index is 0.0307. The van der Waals surface area contributed by atoms with Gasteiger partial charge < -0.3 is 4.90 Å². The van der Waals surface area contributed by atoms with E-state index in [2.05, 4.69) is 10.1 Å². The molecule has 24 heavy (non-hydrogen) atoms.